The fourth-order valence-electron chi connectivity index (χ4n) is 2.67. The third kappa shape index (κ3) is 3.26. The summed E-state index contributed by atoms with van der Waals surface area (Å²) in [6.07, 6.45) is 6.31. The quantitative estimate of drug-likeness (QED) is 0.852. The van der Waals surface area contributed by atoms with Gasteiger partial charge < -0.3 is 10.1 Å². The van der Waals surface area contributed by atoms with Crippen molar-refractivity contribution in [2.24, 2.45) is 0 Å². The molecule has 2 nitrogen and oxygen atoms in total. The van der Waals surface area contributed by atoms with E-state index in [1.165, 1.54) is 30.4 Å². The van der Waals surface area contributed by atoms with E-state index in [1.807, 2.05) is 11.8 Å². The Morgan fingerprint density at radius 1 is 1.42 bits per heavy atom. The van der Waals surface area contributed by atoms with Crippen LogP contribution in [0.3, 0.4) is 0 Å². The van der Waals surface area contributed by atoms with Gasteiger partial charge >= 0.3 is 0 Å². The van der Waals surface area contributed by atoms with Crippen LogP contribution in [0.4, 0.5) is 0 Å². The van der Waals surface area contributed by atoms with Gasteiger partial charge in [0, 0.05) is 22.9 Å². The monoisotopic (exact) mass is 279 g/mol. The molecule has 1 aliphatic carbocycles. The van der Waals surface area contributed by atoms with Crippen LogP contribution in [0.25, 0.3) is 0 Å². The zero-order valence-electron chi connectivity index (χ0n) is 12.5. The average Bonchev–Trinajstić information content (AvgIpc) is 2.37. The van der Waals surface area contributed by atoms with Crippen LogP contribution in [0.15, 0.2) is 18.2 Å². The van der Waals surface area contributed by atoms with Gasteiger partial charge in [-0.3, -0.25) is 0 Å². The van der Waals surface area contributed by atoms with E-state index in [2.05, 4.69) is 43.6 Å². The van der Waals surface area contributed by atoms with Crippen LogP contribution in [-0.2, 0) is 0 Å². The van der Waals surface area contributed by atoms with Gasteiger partial charge in [0.15, 0.2) is 0 Å². The van der Waals surface area contributed by atoms with Gasteiger partial charge in [-0.05, 0) is 39.0 Å². The third-order valence-corrected chi connectivity index (χ3v) is 5.70. The van der Waals surface area contributed by atoms with E-state index < -0.39 is 0 Å². The standard InChI is InChI=1S/C16H25NOS/c1-12-6-7-15(18-3)14(10-12)13(2)17-11-16(19-4)8-5-9-16/h6-7,10,13,17H,5,8-9,11H2,1-4H3. The van der Waals surface area contributed by atoms with Crippen molar-refractivity contribution in [1.82, 2.24) is 5.32 Å². The number of aryl methyl sites for hydroxylation is 1. The molecule has 1 N–H and O–H groups in total. The molecule has 1 aromatic rings. The summed E-state index contributed by atoms with van der Waals surface area (Å²) in [5.74, 6) is 0.984. The van der Waals surface area contributed by atoms with Crippen LogP contribution in [0.1, 0.15) is 43.4 Å². The summed E-state index contributed by atoms with van der Waals surface area (Å²) in [6, 6.07) is 6.73. The molecule has 0 amide bonds. The number of hydrogen-bond acceptors (Lipinski definition) is 3. The molecule has 1 aromatic carbocycles. The van der Waals surface area contributed by atoms with Crippen molar-refractivity contribution in [2.75, 3.05) is 19.9 Å². The van der Waals surface area contributed by atoms with Crippen molar-refractivity contribution in [3.8, 4) is 5.75 Å². The molecule has 0 aromatic heterocycles. The summed E-state index contributed by atoms with van der Waals surface area (Å²) in [5.41, 5.74) is 2.55. The molecule has 0 bridgehead atoms. The Kier molecular flexibility index (Phi) is 4.80. The van der Waals surface area contributed by atoms with Crippen molar-refractivity contribution in [3.05, 3.63) is 29.3 Å². The predicted molar refractivity (Wildman–Crippen MR) is 84.2 cm³/mol. The number of nitrogens with one attached hydrogen (secondary N) is 1. The van der Waals surface area contributed by atoms with Crippen molar-refractivity contribution in [3.63, 3.8) is 0 Å². The molecule has 1 unspecified atom stereocenters. The van der Waals surface area contributed by atoms with Gasteiger partial charge in [-0.25, -0.2) is 0 Å². The van der Waals surface area contributed by atoms with E-state index in [-0.39, 0.29) is 0 Å². The molecular weight excluding hydrogens is 254 g/mol. The lowest BCUT2D eigenvalue weighted by Gasteiger charge is -2.41. The molecule has 106 valence electrons. The Morgan fingerprint density at radius 2 is 2.16 bits per heavy atom. The fourth-order valence-corrected chi connectivity index (χ4v) is 3.59. The van der Waals surface area contributed by atoms with Crippen LogP contribution >= 0.6 is 11.8 Å². The Morgan fingerprint density at radius 3 is 2.68 bits per heavy atom. The Bertz CT molecular complexity index is 423. The molecule has 1 saturated carbocycles. The third-order valence-electron chi connectivity index (χ3n) is 4.28. The van der Waals surface area contributed by atoms with Gasteiger partial charge in [-0.1, -0.05) is 24.1 Å². The maximum absolute atomic E-state index is 5.47. The number of thioether (sulfide) groups is 1. The number of hydrogen-bond donors (Lipinski definition) is 1. The molecule has 0 spiro atoms. The van der Waals surface area contributed by atoms with Gasteiger partial charge in [0.2, 0.25) is 0 Å². The molecule has 2 rings (SSSR count). The first-order valence-corrected chi connectivity index (χ1v) is 8.26. The van der Waals surface area contributed by atoms with Crippen LogP contribution in [0, 0.1) is 6.92 Å². The van der Waals surface area contributed by atoms with Gasteiger partial charge in [0.05, 0.1) is 7.11 Å². The molecule has 3 heteroatoms. The highest BCUT2D eigenvalue weighted by Gasteiger charge is 2.36. The first-order valence-electron chi connectivity index (χ1n) is 7.03. The molecular formula is C16H25NOS. The molecule has 1 atom stereocenters. The molecule has 19 heavy (non-hydrogen) atoms. The molecule has 1 aliphatic rings. The van der Waals surface area contributed by atoms with E-state index in [9.17, 15) is 0 Å². The highest BCUT2D eigenvalue weighted by atomic mass is 32.2. The van der Waals surface area contributed by atoms with Crippen LogP contribution in [-0.4, -0.2) is 24.7 Å². The Labute approximate surface area is 121 Å². The number of methoxy groups -OCH3 is 1. The summed E-state index contributed by atoms with van der Waals surface area (Å²) in [4.78, 5) is 0. The van der Waals surface area contributed by atoms with Gasteiger partial charge in [0.1, 0.15) is 5.75 Å². The molecule has 1 fully saturated rings. The zero-order valence-corrected chi connectivity index (χ0v) is 13.3. The van der Waals surface area contributed by atoms with Gasteiger partial charge in [-0.15, -0.1) is 0 Å². The minimum Gasteiger partial charge on any atom is -0.496 e. The van der Waals surface area contributed by atoms with Crippen LogP contribution in [0.2, 0.25) is 0 Å². The molecule has 0 saturated heterocycles. The molecule has 0 radical (unpaired) electrons. The minimum atomic E-state index is 0.333. The lowest BCUT2D eigenvalue weighted by Crippen LogP contribution is -2.44. The van der Waals surface area contributed by atoms with E-state index in [0.717, 1.165) is 12.3 Å². The second-order valence-corrected chi connectivity index (χ2v) is 6.86. The van der Waals surface area contributed by atoms with Crippen LogP contribution < -0.4 is 10.1 Å². The van der Waals surface area contributed by atoms with Crippen molar-refractivity contribution in [1.29, 1.82) is 0 Å². The van der Waals surface area contributed by atoms with Crippen molar-refractivity contribution < 1.29 is 4.74 Å². The second kappa shape index (κ2) is 6.19. The van der Waals surface area contributed by atoms with E-state index >= 15 is 0 Å². The summed E-state index contributed by atoms with van der Waals surface area (Å²) >= 11 is 2.02. The summed E-state index contributed by atoms with van der Waals surface area (Å²) in [7, 11) is 1.75. The Balaban J connectivity index is 2.03. The van der Waals surface area contributed by atoms with E-state index in [1.54, 1.807) is 7.11 Å². The average molecular weight is 279 g/mol. The van der Waals surface area contributed by atoms with E-state index in [0.29, 0.717) is 10.8 Å². The second-order valence-electron chi connectivity index (χ2n) is 5.59. The SMILES string of the molecule is COc1ccc(C)cc1C(C)NCC1(SC)CCC1. The zero-order chi connectivity index (χ0) is 13.9. The normalized spacial score (nSPS) is 18.7. The van der Waals surface area contributed by atoms with Crippen molar-refractivity contribution in [2.45, 2.75) is 43.9 Å². The fraction of sp³-hybridized carbons (Fsp3) is 0.625. The smallest absolute Gasteiger partial charge is 0.123 e. The Hall–Kier alpha value is -0.670. The molecule has 0 heterocycles. The largest absolute Gasteiger partial charge is 0.496 e. The predicted octanol–water partition coefficient (Wildman–Crippen LogP) is 3.94. The van der Waals surface area contributed by atoms with Crippen molar-refractivity contribution >= 4 is 11.8 Å². The highest BCUT2D eigenvalue weighted by molar-refractivity contribution is 8.00. The number of ether oxygens (including phenoxy) is 1. The van der Waals surface area contributed by atoms with E-state index in [4.69, 9.17) is 4.74 Å². The number of benzene rings is 1. The molecule has 0 aliphatic heterocycles. The maximum atomic E-state index is 5.47. The van der Waals surface area contributed by atoms with Crippen LogP contribution in [0.5, 0.6) is 5.75 Å². The summed E-state index contributed by atoms with van der Waals surface area (Å²) in [6.45, 7) is 5.45. The highest BCUT2D eigenvalue weighted by Crippen LogP contribution is 2.42. The lowest BCUT2D eigenvalue weighted by atomic mass is 9.84. The first kappa shape index (κ1) is 14.7. The first-order chi connectivity index (χ1) is 9.10. The van der Waals surface area contributed by atoms with Gasteiger partial charge in [-0.2, -0.15) is 11.8 Å². The van der Waals surface area contributed by atoms with Gasteiger partial charge in [0.25, 0.3) is 0 Å². The lowest BCUT2D eigenvalue weighted by molar-refractivity contribution is 0.331. The minimum absolute atomic E-state index is 0.333. The summed E-state index contributed by atoms with van der Waals surface area (Å²) in [5, 5.41) is 3.69. The topological polar surface area (TPSA) is 21.3 Å². The number of rotatable bonds is 6. The summed E-state index contributed by atoms with van der Waals surface area (Å²) < 4.78 is 5.95. The maximum Gasteiger partial charge on any atom is 0.123 e.